The molecule has 5 heteroatoms. The average molecular weight is 362 g/mol. The maximum absolute atomic E-state index is 12.2. The van der Waals surface area contributed by atoms with Gasteiger partial charge in [-0.25, -0.2) is 9.59 Å². The summed E-state index contributed by atoms with van der Waals surface area (Å²) in [6, 6.07) is 21.0. The summed E-state index contributed by atoms with van der Waals surface area (Å²) in [4.78, 5) is 23.7. The number of esters is 2. The van der Waals surface area contributed by atoms with Crippen molar-refractivity contribution in [2.75, 3.05) is 14.2 Å². The molecule has 0 spiro atoms. The molecule has 27 heavy (non-hydrogen) atoms. The Morgan fingerprint density at radius 2 is 1.04 bits per heavy atom. The van der Waals surface area contributed by atoms with E-state index in [-0.39, 0.29) is 0 Å². The summed E-state index contributed by atoms with van der Waals surface area (Å²) in [5.41, 5.74) is 2.76. The molecule has 0 heterocycles. The molecule has 0 radical (unpaired) electrons. The Bertz CT molecular complexity index is 926. The SMILES string of the molecule is COC(=O)c1ccc(C(=O)Oc2ccc(-c3ccc(OC)cc3)cc2)cc1. The highest BCUT2D eigenvalue weighted by atomic mass is 16.5. The van der Waals surface area contributed by atoms with E-state index in [0.29, 0.717) is 16.9 Å². The first kappa shape index (κ1) is 18.2. The number of carbonyl (C=O) groups excluding carboxylic acids is 2. The zero-order valence-electron chi connectivity index (χ0n) is 15.0. The number of hydrogen-bond donors (Lipinski definition) is 0. The molecule has 0 aliphatic carbocycles. The Labute approximate surface area is 157 Å². The zero-order valence-corrected chi connectivity index (χ0v) is 15.0. The molecule has 0 aliphatic rings. The first-order valence-corrected chi connectivity index (χ1v) is 8.26. The van der Waals surface area contributed by atoms with Gasteiger partial charge in [-0.05, 0) is 59.7 Å². The van der Waals surface area contributed by atoms with Gasteiger partial charge in [0.1, 0.15) is 11.5 Å². The van der Waals surface area contributed by atoms with Crippen LogP contribution in [-0.2, 0) is 4.74 Å². The molecule has 3 aromatic carbocycles. The third-order valence-corrected chi connectivity index (χ3v) is 4.03. The van der Waals surface area contributed by atoms with E-state index in [1.165, 1.54) is 31.4 Å². The van der Waals surface area contributed by atoms with Gasteiger partial charge in [0.15, 0.2) is 0 Å². The van der Waals surface area contributed by atoms with Crippen molar-refractivity contribution in [3.05, 3.63) is 83.9 Å². The fraction of sp³-hybridized carbons (Fsp3) is 0.0909. The normalized spacial score (nSPS) is 10.1. The summed E-state index contributed by atoms with van der Waals surface area (Å²) < 4.78 is 15.2. The van der Waals surface area contributed by atoms with Crippen LogP contribution in [0.4, 0.5) is 0 Å². The fourth-order valence-electron chi connectivity index (χ4n) is 2.53. The van der Waals surface area contributed by atoms with Crippen LogP contribution in [0.15, 0.2) is 72.8 Å². The van der Waals surface area contributed by atoms with Crippen LogP contribution in [-0.4, -0.2) is 26.2 Å². The minimum absolute atomic E-state index is 0.349. The van der Waals surface area contributed by atoms with Crippen LogP contribution in [0.5, 0.6) is 11.5 Å². The van der Waals surface area contributed by atoms with Crippen molar-refractivity contribution in [3.63, 3.8) is 0 Å². The zero-order chi connectivity index (χ0) is 19.2. The molecule has 3 aromatic rings. The average Bonchev–Trinajstić information content (AvgIpc) is 2.74. The standard InChI is InChI=1S/C22H18O5/c1-25-19-11-7-15(8-12-19)16-9-13-20(14-10-16)27-22(24)18-5-3-17(4-6-18)21(23)26-2/h3-14H,1-2H3. The van der Waals surface area contributed by atoms with Gasteiger partial charge in [0.25, 0.3) is 0 Å². The van der Waals surface area contributed by atoms with Crippen LogP contribution in [0.25, 0.3) is 11.1 Å². The minimum atomic E-state index is -0.497. The smallest absolute Gasteiger partial charge is 0.343 e. The Morgan fingerprint density at radius 3 is 1.48 bits per heavy atom. The summed E-state index contributed by atoms with van der Waals surface area (Å²) in [7, 11) is 2.93. The van der Waals surface area contributed by atoms with Crippen molar-refractivity contribution in [2.24, 2.45) is 0 Å². The van der Waals surface area contributed by atoms with Crippen LogP contribution in [0.2, 0.25) is 0 Å². The molecule has 0 fully saturated rings. The lowest BCUT2D eigenvalue weighted by Gasteiger charge is -2.07. The molecule has 0 bridgehead atoms. The molecule has 0 N–H and O–H groups in total. The Balaban J connectivity index is 1.68. The van der Waals surface area contributed by atoms with Gasteiger partial charge in [-0.15, -0.1) is 0 Å². The van der Waals surface area contributed by atoms with E-state index in [9.17, 15) is 9.59 Å². The van der Waals surface area contributed by atoms with Gasteiger partial charge in [-0.1, -0.05) is 24.3 Å². The second kappa shape index (κ2) is 8.19. The molecule has 0 saturated heterocycles. The number of carbonyl (C=O) groups is 2. The fourth-order valence-corrected chi connectivity index (χ4v) is 2.53. The molecular formula is C22H18O5. The molecular weight excluding hydrogens is 344 g/mol. The van der Waals surface area contributed by atoms with E-state index in [1.807, 2.05) is 36.4 Å². The summed E-state index contributed by atoms with van der Waals surface area (Å²) >= 11 is 0. The number of methoxy groups -OCH3 is 2. The van der Waals surface area contributed by atoms with Gasteiger partial charge in [0.05, 0.1) is 25.3 Å². The third kappa shape index (κ3) is 4.33. The molecule has 0 unspecified atom stereocenters. The van der Waals surface area contributed by atoms with E-state index in [2.05, 4.69) is 4.74 Å². The quantitative estimate of drug-likeness (QED) is 0.498. The first-order chi connectivity index (χ1) is 13.1. The molecule has 3 rings (SSSR count). The van der Waals surface area contributed by atoms with Gasteiger partial charge >= 0.3 is 11.9 Å². The Morgan fingerprint density at radius 1 is 0.593 bits per heavy atom. The summed E-state index contributed by atoms with van der Waals surface area (Å²) in [6.07, 6.45) is 0. The van der Waals surface area contributed by atoms with E-state index in [1.54, 1.807) is 19.2 Å². The van der Waals surface area contributed by atoms with E-state index in [0.717, 1.165) is 16.9 Å². The second-order valence-electron chi connectivity index (χ2n) is 5.71. The lowest BCUT2D eigenvalue weighted by molar-refractivity contribution is 0.0599. The van der Waals surface area contributed by atoms with Gasteiger partial charge in [0.2, 0.25) is 0 Å². The second-order valence-corrected chi connectivity index (χ2v) is 5.71. The van der Waals surface area contributed by atoms with Crippen molar-refractivity contribution >= 4 is 11.9 Å². The largest absolute Gasteiger partial charge is 0.497 e. The lowest BCUT2D eigenvalue weighted by atomic mass is 10.1. The van der Waals surface area contributed by atoms with Gasteiger partial charge in [-0.2, -0.15) is 0 Å². The summed E-state index contributed by atoms with van der Waals surface area (Å²) in [6.45, 7) is 0. The highest BCUT2D eigenvalue weighted by molar-refractivity contribution is 5.94. The number of rotatable bonds is 5. The van der Waals surface area contributed by atoms with Crippen molar-refractivity contribution in [3.8, 4) is 22.6 Å². The van der Waals surface area contributed by atoms with Crippen molar-refractivity contribution in [2.45, 2.75) is 0 Å². The van der Waals surface area contributed by atoms with Crippen LogP contribution >= 0.6 is 0 Å². The van der Waals surface area contributed by atoms with Gasteiger partial charge in [0, 0.05) is 0 Å². The predicted molar refractivity (Wildman–Crippen MR) is 101 cm³/mol. The maximum atomic E-state index is 12.2. The van der Waals surface area contributed by atoms with Crippen LogP contribution in [0.3, 0.4) is 0 Å². The van der Waals surface area contributed by atoms with Crippen LogP contribution < -0.4 is 9.47 Å². The Kier molecular flexibility index (Phi) is 5.52. The lowest BCUT2D eigenvalue weighted by Crippen LogP contribution is -2.09. The molecule has 0 saturated carbocycles. The monoisotopic (exact) mass is 362 g/mol. The topological polar surface area (TPSA) is 61.8 Å². The highest BCUT2D eigenvalue weighted by Gasteiger charge is 2.11. The number of hydrogen-bond acceptors (Lipinski definition) is 5. The maximum Gasteiger partial charge on any atom is 0.343 e. The highest BCUT2D eigenvalue weighted by Crippen LogP contribution is 2.25. The van der Waals surface area contributed by atoms with Gasteiger partial charge < -0.3 is 14.2 Å². The third-order valence-electron chi connectivity index (χ3n) is 4.03. The van der Waals surface area contributed by atoms with Crippen LogP contribution in [0.1, 0.15) is 20.7 Å². The summed E-state index contributed by atoms with van der Waals surface area (Å²) in [5.74, 6) is 0.282. The van der Waals surface area contributed by atoms with Crippen molar-refractivity contribution in [1.82, 2.24) is 0 Å². The molecule has 0 aliphatic heterocycles. The van der Waals surface area contributed by atoms with Gasteiger partial charge in [-0.3, -0.25) is 0 Å². The van der Waals surface area contributed by atoms with Crippen molar-refractivity contribution in [1.29, 1.82) is 0 Å². The number of ether oxygens (including phenoxy) is 3. The van der Waals surface area contributed by atoms with Crippen molar-refractivity contribution < 1.29 is 23.8 Å². The number of benzene rings is 3. The van der Waals surface area contributed by atoms with Crippen LogP contribution in [0, 0.1) is 0 Å². The molecule has 0 aromatic heterocycles. The van der Waals surface area contributed by atoms with E-state index in [4.69, 9.17) is 9.47 Å². The Hall–Kier alpha value is -3.60. The predicted octanol–water partition coefficient (Wildman–Crippen LogP) is 4.37. The molecule has 5 nitrogen and oxygen atoms in total. The molecule has 0 amide bonds. The molecule has 136 valence electrons. The van der Waals surface area contributed by atoms with E-state index < -0.39 is 11.9 Å². The minimum Gasteiger partial charge on any atom is -0.497 e. The van der Waals surface area contributed by atoms with E-state index >= 15 is 0 Å². The summed E-state index contributed by atoms with van der Waals surface area (Å²) in [5, 5.41) is 0. The molecule has 0 atom stereocenters. The first-order valence-electron chi connectivity index (χ1n) is 8.26.